The molecular formula is C15H18N4OS. The van der Waals surface area contributed by atoms with Crippen LogP contribution in [0.15, 0.2) is 24.5 Å². The highest BCUT2D eigenvalue weighted by Gasteiger charge is 2.24. The molecule has 0 aliphatic heterocycles. The van der Waals surface area contributed by atoms with Crippen molar-refractivity contribution in [1.29, 1.82) is 0 Å². The molecule has 1 atom stereocenters. The van der Waals surface area contributed by atoms with Crippen LogP contribution < -0.4 is 10.6 Å². The zero-order valence-electron chi connectivity index (χ0n) is 11.9. The standard InChI is InChI=1S/C15H18N4OS/c1-10-18-14-11(4-2-6-13(14)21-10)8-17-15(20)19-12-5-3-7-16-9-12/h3,5,7,9,11H,2,4,6,8H2,1H3,(H2,17,19,20)/t11-/m1/s1. The number of hydrogen-bond acceptors (Lipinski definition) is 4. The lowest BCUT2D eigenvalue weighted by Crippen LogP contribution is -2.33. The molecule has 2 N–H and O–H groups in total. The Morgan fingerprint density at radius 3 is 3.24 bits per heavy atom. The molecule has 110 valence electrons. The van der Waals surface area contributed by atoms with Gasteiger partial charge in [-0.1, -0.05) is 0 Å². The van der Waals surface area contributed by atoms with Gasteiger partial charge in [0.05, 0.1) is 22.6 Å². The lowest BCUT2D eigenvalue weighted by atomic mass is 9.91. The third kappa shape index (κ3) is 3.39. The zero-order valence-corrected chi connectivity index (χ0v) is 12.7. The van der Waals surface area contributed by atoms with Crippen LogP contribution in [0.25, 0.3) is 0 Å². The summed E-state index contributed by atoms with van der Waals surface area (Å²) in [5.41, 5.74) is 1.88. The van der Waals surface area contributed by atoms with Crippen molar-refractivity contribution >= 4 is 23.1 Å². The fourth-order valence-electron chi connectivity index (χ4n) is 2.66. The number of thiazole rings is 1. The number of fused-ring (bicyclic) bond motifs is 1. The molecule has 0 bridgehead atoms. The van der Waals surface area contributed by atoms with Crippen molar-refractivity contribution in [3.8, 4) is 0 Å². The number of rotatable bonds is 3. The molecule has 2 amide bonds. The summed E-state index contributed by atoms with van der Waals surface area (Å²) >= 11 is 1.78. The fourth-order valence-corrected chi connectivity index (χ4v) is 3.72. The van der Waals surface area contributed by atoms with E-state index in [1.165, 1.54) is 17.0 Å². The maximum atomic E-state index is 11.9. The maximum Gasteiger partial charge on any atom is 0.319 e. The van der Waals surface area contributed by atoms with Gasteiger partial charge in [-0.15, -0.1) is 11.3 Å². The number of anilines is 1. The first-order valence-electron chi connectivity index (χ1n) is 7.13. The van der Waals surface area contributed by atoms with Gasteiger partial charge in [-0.05, 0) is 38.3 Å². The second-order valence-corrected chi connectivity index (χ2v) is 6.49. The SMILES string of the molecule is Cc1nc2c(s1)CCC[C@@H]2CNC(=O)Nc1cccnc1. The van der Waals surface area contributed by atoms with Crippen molar-refractivity contribution in [2.45, 2.75) is 32.1 Å². The highest BCUT2D eigenvalue weighted by Crippen LogP contribution is 2.34. The summed E-state index contributed by atoms with van der Waals surface area (Å²) in [6, 6.07) is 3.41. The van der Waals surface area contributed by atoms with E-state index >= 15 is 0 Å². The lowest BCUT2D eigenvalue weighted by molar-refractivity contribution is 0.251. The molecule has 0 unspecified atom stereocenters. The molecule has 2 aromatic rings. The van der Waals surface area contributed by atoms with E-state index in [1.54, 1.807) is 29.8 Å². The summed E-state index contributed by atoms with van der Waals surface area (Å²) in [6.45, 7) is 2.67. The van der Waals surface area contributed by atoms with Crippen molar-refractivity contribution in [2.75, 3.05) is 11.9 Å². The molecule has 0 fully saturated rings. The van der Waals surface area contributed by atoms with Gasteiger partial charge in [0.1, 0.15) is 0 Å². The Morgan fingerprint density at radius 1 is 1.52 bits per heavy atom. The summed E-state index contributed by atoms with van der Waals surface area (Å²) < 4.78 is 0. The Hall–Kier alpha value is -1.95. The van der Waals surface area contributed by atoms with E-state index in [0.29, 0.717) is 18.2 Å². The van der Waals surface area contributed by atoms with Crippen molar-refractivity contribution in [1.82, 2.24) is 15.3 Å². The van der Waals surface area contributed by atoms with Crippen molar-refractivity contribution in [2.24, 2.45) is 0 Å². The number of hydrogen-bond donors (Lipinski definition) is 2. The normalized spacial score (nSPS) is 17.1. The molecular weight excluding hydrogens is 284 g/mol. The number of aromatic nitrogens is 2. The number of aryl methyl sites for hydroxylation is 2. The quantitative estimate of drug-likeness (QED) is 0.915. The predicted octanol–water partition coefficient (Wildman–Crippen LogP) is 3.09. The minimum absolute atomic E-state index is 0.193. The minimum atomic E-state index is -0.193. The Morgan fingerprint density at radius 2 is 2.43 bits per heavy atom. The third-order valence-electron chi connectivity index (χ3n) is 3.61. The van der Waals surface area contributed by atoms with Crippen LogP contribution in [0, 0.1) is 6.92 Å². The summed E-state index contributed by atoms with van der Waals surface area (Å²) in [5.74, 6) is 0.332. The van der Waals surface area contributed by atoms with E-state index in [0.717, 1.165) is 17.8 Å². The molecule has 1 aliphatic rings. The van der Waals surface area contributed by atoms with E-state index in [1.807, 2.05) is 13.0 Å². The highest BCUT2D eigenvalue weighted by molar-refractivity contribution is 7.11. The Balaban J connectivity index is 1.57. The molecule has 0 saturated carbocycles. The first-order valence-corrected chi connectivity index (χ1v) is 7.95. The number of carbonyl (C=O) groups excluding carboxylic acids is 1. The molecule has 2 heterocycles. The Bertz CT molecular complexity index is 626. The van der Waals surface area contributed by atoms with Crippen LogP contribution >= 0.6 is 11.3 Å². The molecule has 1 aliphatic carbocycles. The smallest absolute Gasteiger partial charge is 0.319 e. The van der Waals surface area contributed by atoms with E-state index in [4.69, 9.17) is 0 Å². The summed E-state index contributed by atoms with van der Waals surface area (Å²) in [4.78, 5) is 21.9. The number of pyridine rings is 1. The number of nitrogens with one attached hydrogen (secondary N) is 2. The molecule has 0 aromatic carbocycles. The molecule has 5 nitrogen and oxygen atoms in total. The topological polar surface area (TPSA) is 66.9 Å². The zero-order chi connectivity index (χ0) is 14.7. The van der Waals surface area contributed by atoms with Gasteiger partial charge in [0.2, 0.25) is 0 Å². The fraction of sp³-hybridized carbons (Fsp3) is 0.400. The van der Waals surface area contributed by atoms with E-state index in [9.17, 15) is 4.79 Å². The molecule has 0 saturated heterocycles. The number of urea groups is 1. The molecule has 2 aromatic heterocycles. The van der Waals surface area contributed by atoms with Crippen molar-refractivity contribution < 1.29 is 4.79 Å². The highest BCUT2D eigenvalue weighted by atomic mass is 32.1. The van der Waals surface area contributed by atoms with E-state index < -0.39 is 0 Å². The average Bonchev–Trinajstić information content (AvgIpc) is 2.87. The Kier molecular flexibility index (Phi) is 4.15. The van der Waals surface area contributed by atoms with Crippen LogP contribution in [-0.4, -0.2) is 22.5 Å². The van der Waals surface area contributed by atoms with Gasteiger partial charge in [0.15, 0.2) is 0 Å². The monoisotopic (exact) mass is 302 g/mol. The van der Waals surface area contributed by atoms with Gasteiger partial charge in [0.25, 0.3) is 0 Å². The van der Waals surface area contributed by atoms with Crippen LogP contribution in [-0.2, 0) is 6.42 Å². The van der Waals surface area contributed by atoms with Gasteiger partial charge in [0, 0.05) is 23.5 Å². The Labute approximate surface area is 127 Å². The molecule has 0 spiro atoms. The second kappa shape index (κ2) is 6.22. The van der Waals surface area contributed by atoms with Crippen molar-refractivity contribution in [3.05, 3.63) is 40.1 Å². The number of nitrogens with zero attached hydrogens (tertiary/aromatic N) is 2. The summed E-state index contributed by atoms with van der Waals surface area (Å²) in [7, 11) is 0. The van der Waals surface area contributed by atoms with E-state index in [2.05, 4.69) is 20.6 Å². The largest absolute Gasteiger partial charge is 0.337 e. The lowest BCUT2D eigenvalue weighted by Gasteiger charge is -2.21. The maximum absolute atomic E-state index is 11.9. The third-order valence-corrected chi connectivity index (χ3v) is 4.65. The van der Waals surface area contributed by atoms with Gasteiger partial charge in [-0.2, -0.15) is 0 Å². The number of carbonyl (C=O) groups is 1. The first kappa shape index (κ1) is 14.0. The van der Waals surface area contributed by atoms with Crippen LogP contribution in [0.3, 0.4) is 0 Å². The van der Waals surface area contributed by atoms with Crippen LogP contribution in [0.1, 0.15) is 34.3 Å². The summed E-state index contributed by atoms with van der Waals surface area (Å²) in [5, 5.41) is 6.84. The average molecular weight is 302 g/mol. The van der Waals surface area contributed by atoms with Crippen LogP contribution in [0.5, 0.6) is 0 Å². The first-order chi connectivity index (χ1) is 10.2. The minimum Gasteiger partial charge on any atom is -0.337 e. The molecule has 21 heavy (non-hydrogen) atoms. The van der Waals surface area contributed by atoms with Gasteiger partial charge in [-0.3, -0.25) is 4.98 Å². The van der Waals surface area contributed by atoms with Gasteiger partial charge in [-0.25, -0.2) is 9.78 Å². The second-order valence-electron chi connectivity index (χ2n) is 5.21. The molecule has 3 rings (SSSR count). The molecule has 6 heteroatoms. The predicted molar refractivity (Wildman–Crippen MR) is 83.8 cm³/mol. The summed E-state index contributed by atoms with van der Waals surface area (Å²) in [6.07, 6.45) is 6.69. The van der Waals surface area contributed by atoms with Gasteiger partial charge < -0.3 is 10.6 Å². The van der Waals surface area contributed by atoms with Gasteiger partial charge >= 0.3 is 6.03 Å². The van der Waals surface area contributed by atoms with Crippen LogP contribution in [0.2, 0.25) is 0 Å². The van der Waals surface area contributed by atoms with E-state index in [-0.39, 0.29) is 6.03 Å². The number of amides is 2. The van der Waals surface area contributed by atoms with Crippen molar-refractivity contribution in [3.63, 3.8) is 0 Å². The van der Waals surface area contributed by atoms with Crippen LogP contribution in [0.4, 0.5) is 10.5 Å². The molecule has 0 radical (unpaired) electrons.